The van der Waals surface area contributed by atoms with Crippen LogP contribution >= 0.6 is 0 Å². The van der Waals surface area contributed by atoms with E-state index in [1.54, 1.807) is 7.11 Å². The van der Waals surface area contributed by atoms with Crippen LogP contribution in [0.15, 0.2) is 18.2 Å². The van der Waals surface area contributed by atoms with Gasteiger partial charge >= 0.3 is 5.97 Å². The predicted molar refractivity (Wildman–Crippen MR) is 80.9 cm³/mol. The number of aryl methyl sites for hydroxylation is 1. The highest BCUT2D eigenvalue weighted by Crippen LogP contribution is 2.32. The molecule has 20 heavy (non-hydrogen) atoms. The van der Waals surface area contributed by atoms with Gasteiger partial charge in [0, 0.05) is 0 Å². The maximum Gasteiger partial charge on any atom is 0.312 e. The molecule has 0 aliphatic rings. The van der Waals surface area contributed by atoms with Crippen molar-refractivity contribution >= 4 is 5.97 Å². The lowest BCUT2D eigenvalue weighted by molar-refractivity contribution is -0.168. The Morgan fingerprint density at radius 3 is 2.25 bits per heavy atom. The Morgan fingerprint density at radius 2 is 1.80 bits per heavy atom. The molecular formula is C17H26O3. The molecule has 0 heterocycles. The SMILES string of the molecule is CCC(C)(C)C(=O)OC(C)(C)c1ccc(OC)c(C)c1. The van der Waals surface area contributed by atoms with E-state index in [1.807, 2.05) is 59.7 Å². The number of esters is 1. The average molecular weight is 278 g/mol. The van der Waals surface area contributed by atoms with Crippen LogP contribution in [-0.4, -0.2) is 13.1 Å². The Balaban J connectivity index is 2.99. The molecule has 1 aromatic carbocycles. The lowest BCUT2D eigenvalue weighted by Crippen LogP contribution is -2.34. The van der Waals surface area contributed by atoms with Gasteiger partial charge in [0.05, 0.1) is 12.5 Å². The van der Waals surface area contributed by atoms with Crippen molar-refractivity contribution in [3.63, 3.8) is 0 Å². The zero-order valence-electron chi connectivity index (χ0n) is 13.7. The van der Waals surface area contributed by atoms with Crippen molar-refractivity contribution in [2.24, 2.45) is 5.41 Å². The van der Waals surface area contributed by atoms with E-state index in [9.17, 15) is 4.79 Å². The van der Waals surface area contributed by atoms with Gasteiger partial charge in [0.2, 0.25) is 0 Å². The highest BCUT2D eigenvalue weighted by Gasteiger charge is 2.33. The molecule has 0 saturated heterocycles. The summed E-state index contributed by atoms with van der Waals surface area (Å²) in [5, 5.41) is 0. The summed E-state index contributed by atoms with van der Waals surface area (Å²) in [6.45, 7) is 11.6. The van der Waals surface area contributed by atoms with Crippen LogP contribution < -0.4 is 4.74 Å². The Kier molecular flexibility index (Phi) is 4.85. The van der Waals surface area contributed by atoms with Crippen molar-refractivity contribution in [1.82, 2.24) is 0 Å². The zero-order chi connectivity index (χ0) is 15.6. The lowest BCUT2D eigenvalue weighted by Gasteiger charge is -2.31. The molecule has 0 amide bonds. The molecule has 0 N–H and O–H groups in total. The van der Waals surface area contributed by atoms with Crippen LogP contribution in [0.3, 0.4) is 0 Å². The third-order valence-corrected chi connectivity index (χ3v) is 3.87. The van der Waals surface area contributed by atoms with Crippen molar-refractivity contribution in [3.05, 3.63) is 29.3 Å². The van der Waals surface area contributed by atoms with Crippen LogP contribution in [0.5, 0.6) is 5.75 Å². The molecule has 0 bridgehead atoms. The van der Waals surface area contributed by atoms with E-state index in [-0.39, 0.29) is 5.97 Å². The maximum atomic E-state index is 12.2. The van der Waals surface area contributed by atoms with Gasteiger partial charge < -0.3 is 9.47 Å². The fraction of sp³-hybridized carbons (Fsp3) is 0.588. The molecule has 0 aliphatic heterocycles. The van der Waals surface area contributed by atoms with E-state index < -0.39 is 11.0 Å². The molecule has 0 aromatic heterocycles. The summed E-state index contributed by atoms with van der Waals surface area (Å²) in [6, 6.07) is 5.86. The van der Waals surface area contributed by atoms with Crippen molar-refractivity contribution in [1.29, 1.82) is 0 Å². The topological polar surface area (TPSA) is 35.5 Å². The Labute approximate surface area is 122 Å². The molecule has 0 spiro atoms. The third kappa shape index (κ3) is 3.53. The monoisotopic (exact) mass is 278 g/mol. The Bertz CT molecular complexity index is 487. The van der Waals surface area contributed by atoms with Gasteiger partial charge in [0.1, 0.15) is 11.4 Å². The van der Waals surface area contributed by atoms with Gasteiger partial charge in [-0.2, -0.15) is 0 Å². The van der Waals surface area contributed by atoms with Crippen molar-refractivity contribution < 1.29 is 14.3 Å². The van der Waals surface area contributed by atoms with Crippen LogP contribution in [0.1, 0.15) is 52.2 Å². The first-order valence-electron chi connectivity index (χ1n) is 7.02. The molecule has 0 saturated carbocycles. The number of ether oxygens (including phenoxy) is 2. The Hall–Kier alpha value is -1.51. The standard InChI is InChI=1S/C17H26O3/c1-8-16(3,4)15(18)20-17(5,6)13-9-10-14(19-7)12(2)11-13/h9-11H,8H2,1-7H3. The highest BCUT2D eigenvalue weighted by atomic mass is 16.6. The molecule has 0 aliphatic carbocycles. The van der Waals surface area contributed by atoms with E-state index in [4.69, 9.17) is 9.47 Å². The summed E-state index contributed by atoms with van der Waals surface area (Å²) in [6.07, 6.45) is 0.754. The van der Waals surface area contributed by atoms with E-state index in [2.05, 4.69) is 0 Å². The minimum atomic E-state index is -0.652. The van der Waals surface area contributed by atoms with Gasteiger partial charge in [0.25, 0.3) is 0 Å². The van der Waals surface area contributed by atoms with E-state index >= 15 is 0 Å². The van der Waals surface area contributed by atoms with Gasteiger partial charge in [-0.3, -0.25) is 4.79 Å². The summed E-state index contributed by atoms with van der Waals surface area (Å²) in [4.78, 5) is 12.2. The molecular weight excluding hydrogens is 252 g/mol. The molecule has 1 aromatic rings. The van der Waals surface area contributed by atoms with Gasteiger partial charge in [-0.05, 0) is 64.3 Å². The van der Waals surface area contributed by atoms with Gasteiger partial charge in [-0.25, -0.2) is 0 Å². The zero-order valence-corrected chi connectivity index (χ0v) is 13.7. The first kappa shape index (κ1) is 16.5. The number of hydrogen-bond donors (Lipinski definition) is 0. The van der Waals surface area contributed by atoms with Gasteiger partial charge in [0.15, 0.2) is 0 Å². The van der Waals surface area contributed by atoms with Crippen molar-refractivity contribution in [2.75, 3.05) is 7.11 Å². The lowest BCUT2D eigenvalue weighted by atomic mass is 9.89. The maximum absolute atomic E-state index is 12.2. The number of benzene rings is 1. The highest BCUT2D eigenvalue weighted by molar-refractivity contribution is 5.76. The Morgan fingerprint density at radius 1 is 1.20 bits per heavy atom. The summed E-state index contributed by atoms with van der Waals surface area (Å²) in [5.41, 5.74) is 0.888. The number of hydrogen-bond acceptors (Lipinski definition) is 3. The van der Waals surface area contributed by atoms with Crippen LogP contribution in [-0.2, 0) is 15.1 Å². The van der Waals surface area contributed by atoms with Crippen molar-refractivity contribution in [2.45, 2.75) is 53.6 Å². The molecule has 3 heteroatoms. The summed E-state index contributed by atoms with van der Waals surface area (Å²) in [5.74, 6) is 0.670. The number of methoxy groups -OCH3 is 1. The molecule has 112 valence electrons. The molecule has 0 fully saturated rings. The van der Waals surface area contributed by atoms with Crippen LogP contribution in [0.4, 0.5) is 0 Å². The minimum absolute atomic E-state index is 0.168. The quantitative estimate of drug-likeness (QED) is 0.757. The largest absolute Gasteiger partial charge is 0.496 e. The normalized spacial score (nSPS) is 12.2. The smallest absolute Gasteiger partial charge is 0.312 e. The molecule has 0 unspecified atom stereocenters. The third-order valence-electron chi connectivity index (χ3n) is 3.87. The second-order valence-corrected chi connectivity index (χ2v) is 6.32. The number of carbonyl (C=O) groups excluding carboxylic acids is 1. The van der Waals surface area contributed by atoms with E-state index in [0.717, 1.165) is 23.3 Å². The van der Waals surface area contributed by atoms with E-state index in [1.165, 1.54) is 0 Å². The molecule has 0 radical (unpaired) electrons. The second-order valence-electron chi connectivity index (χ2n) is 6.32. The molecule has 3 nitrogen and oxygen atoms in total. The van der Waals surface area contributed by atoms with Crippen LogP contribution in [0, 0.1) is 12.3 Å². The van der Waals surface area contributed by atoms with Crippen LogP contribution in [0.2, 0.25) is 0 Å². The predicted octanol–water partition coefficient (Wildman–Crippen LogP) is 4.22. The first-order valence-corrected chi connectivity index (χ1v) is 7.02. The van der Waals surface area contributed by atoms with E-state index in [0.29, 0.717) is 0 Å². The minimum Gasteiger partial charge on any atom is -0.496 e. The van der Waals surface area contributed by atoms with Gasteiger partial charge in [-0.15, -0.1) is 0 Å². The van der Waals surface area contributed by atoms with Crippen LogP contribution in [0.25, 0.3) is 0 Å². The summed E-state index contributed by atoms with van der Waals surface area (Å²) in [7, 11) is 1.65. The number of carbonyl (C=O) groups is 1. The van der Waals surface area contributed by atoms with Crippen molar-refractivity contribution in [3.8, 4) is 5.75 Å². The fourth-order valence-corrected chi connectivity index (χ4v) is 1.83. The summed E-state index contributed by atoms with van der Waals surface area (Å²) >= 11 is 0. The van der Waals surface area contributed by atoms with Gasteiger partial charge in [-0.1, -0.05) is 13.0 Å². The second kappa shape index (κ2) is 5.86. The first-order chi connectivity index (χ1) is 9.14. The molecule has 0 atom stereocenters. The molecule has 1 rings (SSSR count). The average Bonchev–Trinajstić information content (AvgIpc) is 2.38. The summed E-state index contributed by atoms with van der Waals surface area (Å²) < 4.78 is 11.0. The fourth-order valence-electron chi connectivity index (χ4n) is 1.83. The number of rotatable bonds is 5.